The lowest BCUT2D eigenvalue weighted by molar-refractivity contribution is 0.102. The van der Waals surface area contributed by atoms with Crippen LogP contribution in [0.5, 0.6) is 0 Å². The molecule has 74 valence electrons. The van der Waals surface area contributed by atoms with Crippen molar-refractivity contribution in [3.05, 3.63) is 34.9 Å². The molecular formula is C11H13NO2. The lowest BCUT2D eigenvalue weighted by atomic mass is 9.92. The van der Waals surface area contributed by atoms with E-state index < -0.39 is 0 Å². The Labute approximate surface area is 82.7 Å². The molecule has 0 saturated heterocycles. The minimum atomic E-state index is -0.0301. The number of ketones is 1. The highest BCUT2D eigenvalue weighted by atomic mass is 16.2. The zero-order valence-electron chi connectivity index (χ0n) is 8.37. The third kappa shape index (κ3) is 1.09. The Balaban J connectivity index is 2.57. The highest BCUT2D eigenvalue weighted by Gasteiger charge is 2.25. The van der Waals surface area contributed by atoms with Crippen molar-refractivity contribution in [1.29, 1.82) is 0 Å². The van der Waals surface area contributed by atoms with E-state index in [2.05, 4.69) is 0 Å². The van der Waals surface area contributed by atoms with Crippen LogP contribution >= 0.6 is 0 Å². The first-order valence-electron chi connectivity index (χ1n) is 4.68. The van der Waals surface area contributed by atoms with Crippen molar-refractivity contribution in [2.24, 2.45) is 7.05 Å². The molecule has 0 radical (unpaired) electrons. The zero-order chi connectivity index (χ0) is 10.3. The van der Waals surface area contributed by atoms with Crippen LogP contribution < -0.4 is 0 Å². The summed E-state index contributed by atoms with van der Waals surface area (Å²) < 4.78 is 2.04. The molecule has 1 aliphatic rings. The number of aryl methyl sites for hydroxylation is 1. The maximum atomic E-state index is 11.8. The van der Waals surface area contributed by atoms with Gasteiger partial charge >= 0.3 is 0 Å². The number of rotatable bonds is 0. The second kappa shape index (κ2) is 3.01. The van der Waals surface area contributed by atoms with Crippen molar-refractivity contribution in [2.75, 3.05) is 0 Å². The van der Waals surface area contributed by atoms with Gasteiger partial charge < -0.3 is 9.67 Å². The molecule has 3 heteroatoms. The maximum Gasteiger partial charge on any atom is 0.193 e. The number of aromatic nitrogens is 1. The molecule has 1 aliphatic carbocycles. The van der Waals surface area contributed by atoms with Crippen LogP contribution in [0.4, 0.5) is 0 Å². The van der Waals surface area contributed by atoms with E-state index >= 15 is 0 Å². The monoisotopic (exact) mass is 191 g/mol. The Bertz CT molecular complexity index is 427. The molecule has 2 rings (SSSR count). The third-order valence-corrected chi connectivity index (χ3v) is 2.92. The van der Waals surface area contributed by atoms with Gasteiger partial charge in [0.15, 0.2) is 5.78 Å². The molecule has 14 heavy (non-hydrogen) atoms. The van der Waals surface area contributed by atoms with Gasteiger partial charge in [-0.05, 0) is 25.8 Å². The summed E-state index contributed by atoms with van der Waals surface area (Å²) in [5.74, 6) is -0.0301. The molecule has 0 spiro atoms. The lowest BCUT2D eigenvalue weighted by Gasteiger charge is -2.14. The predicted molar refractivity (Wildman–Crippen MR) is 53.5 cm³/mol. The number of aliphatic hydroxyl groups excluding tert-OH is 1. The summed E-state index contributed by atoms with van der Waals surface area (Å²) >= 11 is 0. The number of nitrogens with zero attached hydrogens (tertiary/aromatic N) is 1. The zero-order valence-corrected chi connectivity index (χ0v) is 8.37. The van der Waals surface area contributed by atoms with Gasteiger partial charge in [0.1, 0.15) is 0 Å². The van der Waals surface area contributed by atoms with Crippen LogP contribution in [-0.2, 0) is 13.5 Å². The van der Waals surface area contributed by atoms with E-state index in [1.54, 1.807) is 0 Å². The molecule has 1 N–H and O–H groups in total. The molecule has 1 aromatic rings. The molecule has 0 atom stereocenters. The van der Waals surface area contributed by atoms with E-state index in [1.165, 1.54) is 0 Å². The van der Waals surface area contributed by atoms with Gasteiger partial charge in [-0.1, -0.05) is 0 Å². The van der Waals surface area contributed by atoms with Crippen LogP contribution in [-0.4, -0.2) is 15.5 Å². The van der Waals surface area contributed by atoms with Crippen molar-refractivity contribution in [3.63, 3.8) is 0 Å². The van der Waals surface area contributed by atoms with Crippen molar-refractivity contribution < 1.29 is 9.90 Å². The number of fused-ring (bicyclic) bond motifs is 1. The number of carbonyl (C=O) groups is 1. The molecule has 3 nitrogen and oxygen atoms in total. The van der Waals surface area contributed by atoms with Crippen molar-refractivity contribution >= 4 is 5.78 Å². The van der Waals surface area contributed by atoms with Gasteiger partial charge in [-0.25, -0.2) is 0 Å². The topological polar surface area (TPSA) is 42.2 Å². The summed E-state index contributed by atoms with van der Waals surface area (Å²) in [6, 6.07) is 1.89. The number of Topliss-reactive ketones (excluding diaryl/α,β-unsaturated/α-hetero) is 1. The fraction of sp³-hybridized carbons (Fsp3) is 0.364. The lowest BCUT2D eigenvalue weighted by Crippen LogP contribution is -2.14. The Morgan fingerprint density at radius 2 is 2.21 bits per heavy atom. The normalized spacial score (nSPS) is 18.7. The van der Waals surface area contributed by atoms with Gasteiger partial charge in [-0.2, -0.15) is 0 Å². The SMILES string of the molecule is Cc1cc2c(n1C)CC/C(=C\O)C2=O. The number of carbonyl (C=O) groups excluding carboxylic acids is 1. The van der Waals surface area contributed by atoms with Crippen LogP contribution in [0.1, 0.15) is 28.2 Å². The van der Waals surface area contributed by atoms with Crippen molar-refractivity contribution in [2.45, 2.75) is 19.8 Å². The fourth-order valence-corrected chi connectivity index (χ4v) is 1.94. The van der Waals surface area contributed by atoms with Crippen LogP contribution in [0.2, 0.25) is 0 Å². The van der Waals surface area contributed by atoms with E-state index in [4.69, 9.17) is 5.11 Å². The predicted octanol–water partition coefficient (Wildman–Crippen LogP) is 1.90. The summed E-state index contributed by atoms with van der Waals surface area (Å²) in [6.07, 6.45) is 2.41. The molecule has 0 unspecified atom stereocenters. The Morgan fingerprint density at radius 1 is 1.50 bits per heavy atom. The van der Waals surface area contributed by atoms with Crippen molar-refractivity contribution in [1.82, 2.24) is 4.57 Å². The minimum absolute atomic E-state index is 0.0301. The van der Waals surface area contributed by atoms with E-state index in [9.17, 15) is 4.79 Å². The second-order valence-electron chi connectivity index (χ2n) is 3.69. The van der Waals surface area contributed by atoms with E-state index in [0.717, 1.165) is 29.6 Å². The van der Waals surface area contributed by atoms with E-state index in [0.29, 0.717) is 12.0 Å². The molecule has 0 aliphatic heterocycles. The van der Waals surface area contributed by atoms with Crippen LogP contribution in [0, 0.1) is 6.92 Å². The number of aliphatic hydroxyl groups is 1. The summed E-state index contributed by atoms with van der Waals surface area (Å²) in [7, 11) is 1.97. The molecule has 0 aromatic carbocycles. The average molecular weight is 191 g/mol. The van der Waals surface area contributed by atoms with Crippen LogP contribution in [0.25, 0.3) is 0 Å². The second-order valence-corrected chi connectivity index (χ2v) is 3.69. The largest absolute Gasteiger partial charge is 0.515 e. The molecular weight excluding hydrogens is 178 g/mol. The van der Waals surface area contributed by atoms with Crippen LogP contribution in [0.3, 0.4) is 0 Å². The Kier molecular flexibility index (Phi) is 1.95. The highest BCUT2D eigenvalue weighted by molar-refractivity contribution is 6.10. The van der Waals surface area contributed by atoms with Gasteiger partial charge in [0.2, 0.25) is 0 Å². The number of hydrogen-bond acceptors (Lipinski definition) is 2. The first kappa shape index (κ1) is 9.06. The first-order chi connectivity index (χ1) is 6.65. The first-order valence-corrected chi connectivity index (χ1v) is 4.68. The standard InChI is InChI=1S/C11H13NO2/c1-7-5-9-10(12(7)2)4-3-8(6-13)11(9)14/h5-6,13H,3-4H2,1-2H3/b8-6+. The van der Waals surface area contributed by atoms with Crippen molar-refractivity contribution in [3.8, 4) is 0 Å². The molecule has 0 saturated carbocycles. The Hall–Kier alpha value is -1.51. The quantitative estimate of drug-likeness (QED) is 0.502. The van der Waals surface area contributed by atoms with E-state index in [1.807, 2.05) is 24.6 Å². The van der Waals surface area contributed by atoms with Gasteiger partial charge in [0.25, 0.3) is 0 Å². The fourth-order valence-electron chi connectivity index (χ4n) is 1.94. The molecule has 1 aromatic heterocycles. The average Bonchev–Trinajstić information content (AvgIpc) is 2.46. The third-order valence-electron chi connectivity index (χ3n) is 2.92. The maximum absolute atomic E-state index is 11.8. The summed E-state index contributed by atoms with van der Waals surface area (Å²) in [5.41, 5.74) is 3.43. The van der Waals surface area contributed by atoms with Gasteiger partial charge in [0, 0.05) is 29.6 Å². The van der Waals surface area contributed by atoms with E-state index in [-0.39, 0.29) is 5.78 Å². The summed E-state index contributed by atoms with van der Waals surface area (Å²) in [6.45, 7) is 1.98. The molecule has 0 amide bonds. The molecule has 0 bridgehead atoms. The van der Waals surface area contributed by atoms with Crippen LogP contribution in [0.15, 0.2) is 17.9 Å². The smallest absolute Gasteiger partial charge is 0.193 e. The summed E-state index contributed by atoms with van der Waals surface area (Å²) in [4.78, 5) is 11.8. The molecule has 0 fully saturated rings. The number of allylic oxidation sites excluding steroid dienone is 1. The Morgan fingerprint density at radius 3 is 2.86 bits per heavy atom. The van der Waals surface area contributed by atoms with Gasteiger partial charge in [-0.15, -0.1) is 0 Å². The van der Waals surface area contributed by atoms with Gasteiger partial charge in [-0.3, -0.25) is 4.79 Å². The highest BCUT2D eigenvalue weighted by Crippen LogP contribution is 2.26. The van der Waals surface area contributed by atoms with Gasteiger partial charge in [0.05, 0.1) is 6.26 Å². The summed E-state index contributed by atoms with van der Waals surface area (Å²) in [5, 5.41) is 8.87. The number of hydrogen-bond donors (Lipinski definition) is 1. The molecule has 1 heterocycles. The minimum Gasteiger partial charge on any atom is -0.515 e.